The van der Waals surface area contributed by atoms with Crippen molar-refractivity contribution in [2.24, 2.45) is 0 Å². The van der Waals surface area contributed by atoms with Crippen LogP contribution in [0.5, 0.6) is 0 Å². The Balaban J connectivity index is 1.93. The average molecular weight is 323 g/mol. The van der Waals surface area contributed by atoms with E-state index in [1.165, 1.54) is 0 Å². The smallest absolute Gasteiger partial charge is 0.161 e. The zero-order valence-electron chi connectivity index (χ0n) is 14.4. The lowest BCUT2D eigenvalue weighted by atomic mass is 10.1. The summed E-state index contributed by atoms with van der Waals surface area (Å²) in [5, 5.41) is 7.47. The highest BCUT2D eigenvalue weighted by molar-refractivity contribution is 5.57. The number of aryl methyl sites for hydroxylation is 3. The van der Waals surface area contributed by atoms with Gasteiger partial charge in [0, 0.05) is 35.3 Å². The van der Waals surface area contributed by atoms with Crippen LogP contribution in [-0.4, -0.2) is 20.1 Å². The molecule has 1 N–H and O–H groups in total. The van der Waals surface area contributed by atoms with Crippen molar-refractivity contribution in [1.82, 2.24) is 20.1 Å². The molecule has 0 fully saturated rings. The molecule has 0 saturated heterocycles. The molecule has 0 amide bonds. The summed E-state index contributed by atoms with van der Waals surface area (Å²) < 4.78 is 5.26. The van der Waals surface area contributed by atoms with E-state index in [1.807, 2.05) is 32.0 Å². The van der Waals surface area contributed by atoms with Gasteiger partial charge in [0.05, 0.1) is 11.7 Å². The summed E-state index contributed by atoms with van der Waals surface area (Å²) in [6.45, 7) is 8.03. The average Bonchev–Trinajstić information content (AvgIpc) is 2.94. The minimum atomic E-state index is 0.0427. The Kier molecular flexibility index (Phi) is 4.55. The highest BCUT2D eigenvalue weighted by atomic mass is 16.5. The summed E-state index contributed by atoms with van der Waals surface area (Å²) in [6, 6.07) is 5.85. The van der Waals surface area contributed by atoms with Gasteiger partial charge in [-0.05, 0) is 39.3 Å². The van der Waals surface area contributed by atoms with Crippen molar-refractivity contribution in [3.05, 3.63) is 53.3 Å². The van der Waals surface area contributed by atoms with Crippen molar-refractivity contribution in [2.45, 2.75) is 40.2 Å². The lowest BCUT2D eigenvalue weighted by Crippen LogP contribution is -2.11. The van der Waals surface area contributed by atoms with Gasteiger partial charge in [0.1, 0.15) is 11.6 Å². The standard InChI is InChI=1S/C18H21N5O/c1-5-15-10-16(20-11(2)17-12(3)23-24-13(17)4)22-18(21-15)14-6-8-19-9-7-14/h6-11H,5H2,1-4H3,(H,20,21,22). The summed E-state index contributed by atoms with van der Waals surface area (Å²) in [4.78, 5) is 13.3. The molecule has 1 atom stereocenters. The number of hydrogen-bond acceptors (Lipinski definition) is 6. The first-order chi connectivity index (χ1) is 11.6. The van der Waals surface area contributed by atoms with Crippen LogP contribution in [0.2, 0.25) is 0 Å². The molecule has 124 valence electrons. The molecular weight excluding hydrogens is 302 g/mol. The molecular formula is C18H21N5O. The third-order valence-corrected chi connectivity index (χ3v) is 3.97. The lowest BCUT2D eigenvalue weighted by Gasteiger charge is -2.16. The highest BCUT2D eigenvalue weighted by Crippen LogP contribution is 2.25. The molecule has 3 rings (SSSR count). The van der Waals surface area contributed by atoms with Crippen molar-refractivity contribution in [3.63, 3.8) is 0 Å². The minimum Gasteiger partial charge on any atom is -0.363 e. The maximum Gasteiger partial charge on any atom is 0.161 e. The first-order valence-electron chi connectivity index (χ1n) is 8.06. The number of aromatic nitrogens is 4. The number of nitrogens with zero attached hydrogens (tertiary/aromatic N) is 4. The molecule has 0 bridgehead atoms. The maximum absolute atomic E-state index is 5.26. The van der Waals surface area contributed by atoms with Gasteiger partial charge in [-0.1, -0.05) is 12.1 Å². The van der Waals surface area contributed by atoms with Crippen molar-refractivity contribution < 1.29 is 4.52 Å². The SMILES string of the molecule is CCc1cc(NC(C)c2c(C)noc2C)nc(-c2ccncc2)n1. The van der Waals surface area contributed by atoms with Crippen LogP contribution in [0.4, 0.5) is 5.82 Å². The molecule has 6 heteroatoms. The van der Waals surface area contributed by atoms with E-state index in [0.717, 1.165) is 40.5 Å². The fraction of sp³-hybridized carbons (Fsp3) is 0.333. The zero-order chi connectivity index (χ0) is 17.1. The second-order valence-corrected chi connectivity index (χ2v) is 5.76. The van der Waals surface area contributed by atoms with E-state index >= 15 is 0 Å². The predicted molar refractivity (Wildman–Crippen MR) is 92.7 cm³/mol. The van der Waals surface area contributed by atoms with Gasteiger partial charge < -0.3 is 9.84 Å². The quantitative estimate of drug-likeness (QED) is 0.768. The van der Waals surface area contributed by atoms with Crippen molar-refractivity contribution in [3.8, 4) is 11.4 Å². The van der Waals surface area contributed by atoms with Crippen LogP contribution < -0.4 is 5.32 Å². The van der Waals surface area contributed by atoms with E-state index < -0.39 is 0 Å². The van der Waals surface area contributed by atoms with Crippen LogP contribution in [-0.2, 0) is 6.42 Å². The van der Waals surface area contributed by atoms with Gasteiger partial charge in [-0.25, -0.2) is 9.97 Å². The summed E-state index contributed by atoms with van der Waals surface area (Å²) >= 11 is 0. The molecule has 3 aromatic rings. The molecule has 0 aromatic carbocycles. The molecule has 3 aromatic heterocycles. The van der Waals surface area contributed by atoms with E-state index in [-0.39, 0.29) is 6.04 Å². The summed E-state index contributed by atoms with van der Waals surface area (Å²) in [5.74, 6) is 2.32. The minimum absolute atomic E-state index is 0.0427. The molecule has 0 aliphatic rings. The molecule has 0 aliphatic carbocycles. The molecule has 24 heavy (non-hydrogen) atoms. The van der Waals surface area contributed by atoms with Gasteiger partial charge in [-0.2, -0.15) is 0 Å². The number of pyridine rings is 1. The number of rotatable bonds is 5. The van der Waals surface area contributed by atoms with Crippen molar-refractivity contribution in [1.29, 1.82) is 0 Å². The number of nitrogens with one attached hydrogen (secondary N) is 1. The van der Waals surface area contributed by atoms with Crippen LogP contribution in [0.1, 0.15) is 42.6 Å². The van der Waals surface area contributed by atoms with Gasteiger partial charge in [0.2, 0.25) is 0 Å². The summed E-state index contributed by atoms with van der Waals surface area (Å²) in [7, 11) is 0. The van der Waals surface area contributed by atoms with E-state index in [1.54, 1.807) is 12.4 Å². The van der Waals surface area contributed by atoms with Gasteiger partial charge in [0.15, 0.2) is 5.82 Å². The number of anilines is 1. The van der Waals surface area contributed by atoms with Gasteiger partial charge >= 0.3 is 0 Å². The largest absolute Gasteiger partial charge is 0.363 e. The Morgan fingerprint density at radius 1 is 1.17 bits per heavy atom. The van der Waals surface area contributed by atoms with Crippen LogP contribution >= 0.6 is 0 Å². The topological polar surface area (TPSA) is 76.7 Å². The van der Waals surface area contributed by atoms with Gasteiger partial charge in [-0.15, -0.1) is 0 Å². The third kappa shape index (κ3) is 3.27. The molecule has 0 spiro atoms. The van der Waals surface area contributed by atoms with E-state index in [2.05, 4.69) is 39.3 Å². The molecule has 1 unspecified atom stereocenters. The Morgan fingerprint density at radius 3 is 2.54 bits per heavy atom. The Hall–Kier alpha value is -2.76. The third-order valence-electron chi connectivity index (χ3n) is 3.97. The van der Waals surface area contributed by atoms with Crippen LogP contribution in [0.15, 0.2) is 35.1 Å². The first-order valence-corrected chi connectivity index (χ1v) is 8.06. The van der Waals surface area contributed by atoms with Crippen LogP contribution in [0.25, 0.3) is 11.4 Å². The van der Waals surface area contributed by atoms with Gasteiger partial charge in [0.25, 0.3) is 0 Å². The fourth-order valence-corrected chi connectivity index (χ4v) is 2.78. The molecule has 6 nitrogen and oxygen atoms in total. The zero-order valence-corrected chi connectivity index (χ0v) is 14.4. The van der Waals surface area contributed by atoms with Gasteiger partial charge in [-0.3, -0.25) is 4.98 Å². The maximum atomic E-state index is 5.26. The van der Waals surface area contributed by atoms with Crippen molar-refractivity contribution >= 4 is 5.82 Å². The highest BCUT2D eigenvalue weighted by Gasteiger charge is 2.17. The predicted octanol–water partition coefficient (Wildman–Crippen LogP) is 3.88. The molecule has 0 aliphatic heterocycles. The van der Waals surface area contributed by atoms with E-state index in [9.17, 15) is 0 Å². The van der Waals surface area contributed by atoms with Crippen LogP contribution in [0.3, 0.4) is 0 Å². The Bertz CT molecular complexity index is 809. The van der Waals surface area contributed by atoms with Crippen LogP contribution in [0, 0.1) is 13.8 Å². The molecule has 0 radical (unpaired) electrons. The molecule has 3 heterocycles. The lowest BCUT2D eigenvalue weighted by molar-refractivity contribution is 0.392. The monoisotopic (exact) mass is 323 g/mol. The Morgan fingerprint density at radius 2 is 1.92 bits per heavy atom. The molecule has 0 saturated carbocycles. The second kappa shape index (κ2) is 6.78. The van der Waals surface area contributed by atoms with Crippen molar-refractivity contribution in [2.75, 3.05) is 5.32 Å². The fourth-order valence-electron chi connectivity index (χ4n) is 2.78. The van der Waals surface area contributed by atoms with E-state index in [0.29, 0.717) is 5.82 Å². The summed E-state index contributed by atoms with van der Waals surface area (Å²) in [6.07, 6.45) is 4.34. The summed E-state index contributed by atoms with van der Waals surface area (Å²) in [5.41, 5.74) is 3.90. The number of hydrogen-bond donors (Lipinski definition) is 1. The van der Waals surface area contributed by atoms with E-state index in [4.69, 9.17) is 4.52 Å². The first kappa shape index (κ1) is 16.1. The normalized spacial score (nSPS) is 12.2. The Labute approximate surface area is 141 Å². The second-order valence-electron chi connectivity index (χ2n) is 5.76.